The van der Waals surface area contributed by atoms with Gasteiger partial charge in [0, 0.05) is 13.3 Å². The van der Waals surface area contributed by atoms with Crippen molar-refractivity contribution in [2.24, 2.45) is 29.0 Å². The van der Waals surface area contributed by atoms with Gasteiger partial charge in [-0.3, -0.25) is 43.2 Å². The Bertz CT molecular complexity index is 1770. The highest BCUT2D eigenvalue weighted by atomic mass is 16.5. The van der Waals surface area contributed by atoms with Crippen molar-refractivity contribution in [3.05, 3.63) is 0 Å². The van der Waals surface area contributed by atoms with E-state index in [2.05, 4.69) is 47.3 Å². The molecule has 0 bridgehead atoms. The third-order valence-corrected chi connectivity index (χ3v) is 10.8. The van der Waals surface area contributed by atoms with Gasteiger partial charge in [-0.05, 0) is 51.0 Å². The van der Waals surface area contributed by atoms with Crippen LogP contribution < -0.4 is 59.7 Å². The number of aliphatic hydroxyl groups is 5. The fourth-order valence-electron chi connectivity index (χ4n) is 6.70. The molecule has 1 saturated heterocycles. The van der Waals surface area contributed by atoms with Crippen molar-refractivity contribution in [2.45, 2.75) is 159 Å². The second-order valence-corrected chi connectivity index (χ2v) is 17.2. The Labute approximate surface area is 399 Å². The summed E-state index contributed by atoms with van der Waals surface area (Å²) in [5.74, 6) is -11.1. The number of methoxy groups -OCH3 is 1. The number of aliphatic hydroxyl groups excluding tert-OH is 5. The van der Waals surface area contributed by atoms with Crippen LogP contribution in [0.4, 0.5) is 0 Å². The molecule has 28 heteroatoms. The van der Waals surface area contributed by atoms with Gasteiger partial charge < -0.3 is 94.7 Å². The van der Waals surface area contributed by atoms with Crippen LogP contribution in [-0.2, 0) is 57.4 Å². The van der Waals surface area contributed by atoms with Gasteiger partial charge in [-0.2, -0.15) is 0 Å². The van der Waals surface area contributed by atoms with Crippen LogP contribution in [0.5, 0.6) is 0 Å². The molecule has 0 spiro atoms. The number of amides is 9. The quantitative estimate of drug-likeness (QED) is 0.0244. The van der Waals surface area contributed by atoms with Gasteiger partial charge in [0.05, 0.1) is 38.9 Å². The zero-order chi connectivity index (χ0) is 52.9. The second-order valence-electron chi connectivity index (χ2n) is 17.2. The molecule has 394 valence electrons. The number of hydrogen-bond donors (Lipinski definition) is 16. The van der Waals surface area contributed by atoms with Crippen molar-refractivity contribution < 1.29 is 83.0 Å². The Kier molecular flexibility index (Phi) is 26.8. The SMILES string of the molecule is COC(=O)[C@H](CO)NC(=O)[C@@H](NC(=O)[C@@H](NC(=O)[C@@H](CC(=O)N[C@H]1O[C@@H](CO)[C@H](O)[C@@H](O)[C@@H]1NC(C)=O)NC(=O)[C@H](CCCCN)NC(=O)[C@H](CCC(N)=O)NC(=O)[C@@H](N)C(C)C)C(C)C)[C@@H](C)O. The smallest absolute Gasteiger partial charge is 0.330 e. The number of unbranched alkanes of at least 4 members (excludes halogenated alkanes) is 1. The summed E-state index contributed by atoms with van der Waals surface area (Å²) in [6.07, 6.45) is -9.56. The van der Waals surface area contributed by atoms with E-state index < -0.39 is 164 Å². The first kappa shape index (κ1) is 61.4. The van der Waals surface area contributed by atoms with E-state index in [1.807, 2.05) is 0 Å². The molecular weight excluding hydrogens is 919 g/mol. The van der Waals surface area contributed by atoms with Crippen molar-refractivity contribution in [3.63, 3.8) is 0 Å². The highest BCUT2D eigenvalue weighted by molar-refractivity contribution is 5.98. The van der Waals surface area contributed by atoms with Crippen LogP contribution in [0.3, 0.4) is 0 Å². The van der Waals surface area contributed by atoms with Crippen LogP contribution in [0.15, 0.2) is 0 Å². The first-order valence-corrected chi connectivity index (χ1v) is 22.4. The lowest BCUT2D eigenvalue weighted by atomic mass is 9.95. The minimum atomic E-state index is -1.96. The monoisotopic (exact) mass is 992 g/mol. The van der Waals surface area contributed by atoms with E-state index in [9.17, 15) is 73.5 Å². The van der Waals surface area contributed by atoms with Crippen molar-refractivity contribution in [3.8, 4) is 0 Å². The number of hydrogen-bond acceptors (Lipinski definition) is 19. The maximum atomic E-state index is 14.3. The number of primary amides is 1. The Hall–Kier alpha value is -5.62. The Morgan fingerprint density at radius 3 is 1.68 bits per heavy atom. The lowest BCUT2D eigenvalue weighted by Crippen LogP contribution is -2.68. The third-order valence-electron chi connectivity index (χ3n) is 10.8. The molecular formula is C41H73N11O17. The van der Waals surface area contributed by atoms with Crippen LogP contribution in [0.1, 0.15) is 80.1 Å². The summed E-state index contributed by atoms with van der Waals surface area (Å²) in [5.41, 5.74) is 17.0. The van der Waals surface area contributed by atoms with Crippen molar-refractivity contribution >= 4 is 59.1 Å². The average molecular weight is 992 g/mol. The number of rotatable bonds is 29. The fraction of sp³-hybridized carbons (Fsp3) is 0.756. The van der Waals surface area contributed by atoms with E-state index >= 15 is 0 Å². The minimum absolute atomic E-state index is 0.138. The average Bonchev–Trinajstić information content (AvgIpc) is 3.28. The summed E-state index contributed by atoms with van der Waals surface area (Å²) >= 11 is 0. The van der Waals surface area contributed by atoms with E-state index in [4.69, 9.17) is 21.9 Å². The van der Waals surface area contributed by atoms with Gasteiger partial charge in [-0.15, -0.1) is 0 Å². The van der Waals surface area contributed by atoms with Gasteiger partial charge >= 0.3 is 5.97 Å². The molecule has 1 aliphatic heterocycles. The lowest BCUT2D eigenvalue weighted by molar-refractivity contribution is -0.203. The molecule has 1 heterocycles. The normalized spacial score (nSPS) is 21.4. The van der Waals surface area contributed by atoms with Crippen LogP contribution in [-0.4, -0.2) is 191 Å². The predicted molar refractivity (Wildman–Crippen MR) is 239 cm³/mol. The second kappa shape index (κ2) is 30.1. The number of esters is 1. The van der Waals surface area contributed by atoms with Crippen molar-refractivity contribution in [1.82, 2.24) is 42.5 Å². The maximum Gasteiger partial charge on any atom is 0.330 e. The third kappa shape index (κ3) is 20.1. The maximum absolute atomic E-state index is 14.3. The largest absolute Gasteiger partial charge is 0.467 e. The molecule has 0 radical (unpaired) electrons. The van der Waals surface area contributed by atoms with Crippen LogP contribution in [0.2, 0.25) is 0 Å². The van der Waals surface area contributed by atoms with Crippen LogP contribution in [0.25, 0.3) is 0 Å². The molecule has 28 nitrogen and oxygen atoms in total. The molecule has 0 aromatic rings. The number of carbonyl (C=O) groups excluding carboxylic acids is 10. The molecule has 0 unspecified atom stereocenters. The summed E-state index contributed by atoms with van der Waals surface area (Å²) in [6, 6.07) is -12.5. The standard InChI is InChI=1S/C41H73N11O17/c1-17(2)28(44)37(64)47-22(11-12-26(43)57)35(62)46-21(10-8-9-13-42)34(61)48-23(14-27(58)50-40-31(45-20(6)56)33(60)32(59)25(16-54)69-40)36(63)51-29(18(3)4)38(65)52-30(19(5)55)39(66)49-24(15-53)41(67)68-7/h17-19,21-25,28-33,40,53-55,59-60H,8-16,42,44H2,1-7H3,(H2,43,57)(H,45,56)(H,46,62)(H,47,64)(H,48,61)(H,49,66)(H,50,58)(H,51,63)(H,52,65)/t19-,21+,22+,23-,24+,25+,28+,29+,30+,31+,32+,33+,40+/m1/s1. The zero-order valence-corrected chi connectivity index (χ0v) is 39.9. The summed E-state index contributed by atoms with van der Waals surface area (Å²) in [6.45, 7) is 6.82. The van der Waals surface area contributed by atoms with E-state index in [1.165, 1.54) is 13.8 Å². The number of ether oxygens (including phenoxy) is 2. The molecule has 0 aliphatic carbocycles. The molecule has 19 N–H and O–H groups in total. The molecule has 0 saturated carbocycles. The van der Waals surface area contributed by atoms with Crippen molar-refractivity contribution in [2.75, 3.05) is 26.9 Å². The Morgan fingerprint density at radius 2 is 1.19 bits per heavy atom. The number of carbonyl (C=O) groups is 10. The predicted octanol–water partition coefficient (Wildman–Crippen LogP) is -8.07. The molecule has 69 heavy (non-hydrogen) atoms. The first-order valence-electron chi connectivity index (χ1n) is 22.4. The Morgan fingerprint density at radius 1 is 0.667 bits per heavy atom. The molecule has 13 atom stereocenters. The summed E-state index contributed by atoms with van der Waals surface area (Å²) in [5, 5.41) is 69.8. The molecule has 0 aromatic heterocycles. The molecule has 9 amide bonds. The van der Waals surface area contributed by atoms with E-state index in [0.29, 0.717) is 6.42 Å². The van der Waals surface area contributed by atoms with Crippen LogP contribution >= 0.6 is 0 Å². The number of nitrogens with two attached hydrogens (primary N) is 3. The van der Waals surface area contributed by atoms with Gasteiger partial charge in [0.15, 0.2) is 12.3 Å². The van der Waals surface area contributed by atoms with E-state index in [0.717, 1.165) is 21.0 Å². The fourth-order valence-corrected chi connectivity index (χ4v) is 6.70. The zero-order valence-electron chi connectivity index (χ0n) is 39.9. The van der Waals surface area contributed by atoms with E-state index in [1.54, 1.807) is 13.8 Å². The number of nitrogens with one attached hydrogen (secondary N) is 8. The lowest BCUT2D eigenvalue weighted by Gasteiger charge is -2.42. The van der Waals surface area contributed by atoms with Gasteiger partial charge in [0.1, 0.15) is 54.6 Å². The first-order chi connectivity index (χ1) is 32.2. The Balaban J connectivity index is 3.73. The van der Waals surface area contributed by atoms with Gasteiger partial charge in [0.2, 0.25) is 53.2 Å². The van der Waals surface area contributed by atoms with Crippen molar-refractivity contribution in [1.29, 1.82) is 0 Å². The highest BCUT2D eigenvalue weighted by Gasteiger charge is 2.46. The highest BCUT2D eigenvalue weighted by Crippen LogP contribution is 2.20. The molecule has 1 fully saturated rings. The summed E-state index contributed by atoms with van der Waals surface area (Å²) in [4.78, 5) is 132. The summed E-state index contributed by atoms with van der Waals surface area (Å²) < 4.78 is 10.1. The molecule has 0 aromatic carbocycles. The van der Waals surface area contributed by atoms with E-state index in [-0.39, 0.29) is 38.1 Å². The summed E-state index contributed by atoms with van der Waals surface area (Å²) in [7, 11) is 0.990. The molecule has 1 rings (SSSR count). The van der Waals surface area contributed by atoms with Gasteiger partial charge in [-0.1, -0.05) is 27.7 Å². The minimum Gasteiger partial charge on any atom is -0.467 e. The van der Waals surface area contributed by atoms with Crippen LogP contribution in [0, 0.1) is 11.8 Å². The van der Waals surface area contributed by atoms with Gasteiger partial charge in [-0.25, -0.2) is 4.79 Å². The molecule has 1 aliphatic rings. The topological polar surface area (TPSA) is 465 Å². The van der Waals surface area contributed by atoms with Gasteiger partial charge in [0.25, 0.3) is 0 Å².